The molecule has 0 aliphatic carbocycles. The third-order valence-corrected chi connectivity index (χ3v) is 4.29. The lowest BCUT2D eigenvalue weighted by atomic mass is 9.85. The molecule has 0 saturated carbocycles. The molecule has 2 rings (SSSR count). The van der Waals surface area contributed by atoms with Gasteiger partial charge in [0.25, 0.3) is 0 Å². The number of hydrogen-bond acceptors (Lipinski definition) is 3. The van der Waals surface area contributed by atoms with Crippen molar-refractivity contribution in [2.75, 3.05) is 26.2 Å². The molecule has 0 aromatic carbocycles. The van der Waals surface area contributed by atoms with Crippen molar-refractivity contribution in [2.24, 2.45) is 5.73 Å². The predicted molar refractivity (Wildman–Crippen MR) is 66.5 cm³/mol. The van der Waals surface area contributed by atoms with Gasteiger partial charge in [0.05, 0.1) is 6.10 Å². The van der Waals surface area contributed by atoms with Crippen molar-refractivity contribution < 1.29 is 4.74 Å². The first-order valence-corrected chi connectivity index (χ1v) is 6.83. The zero-order valence-electron chi connectivity index (χ0n) is 10.6. The predicted octanol–water partition coefficient (Wildman–Crippen LogP) is 1.76. The lowest BCUT2D eigenvalue weighted by molar-refractivity contribution is -0.0628. The van der Waals surface area contributed by atoms with Crippen LogP contribution in [-0.4, -0.2) is 42.8 Å². The minimum absolute atomic E-state index is 0.238. The highest BCUT2D eigenvalue weighted by Crippen LogP contribution is 2.31. The molecule has 0 spiro atoms. The number of nitrogens with zero attached hydrogens (tertiary/aromatic N) is 1. The van der Waals surface area contributed by atoms with E-state index in [0.717, 1.165) is 26.0 Å². The summed E-state index contributed by atoms with van der Waals surface area (Å²) in [4.78, 5) is 2.67. The van der Waals surface area contributed by atoms with Gasteiger partial charge in [0.15, 0.2) is 0 Å². The van der Waals surface area contributed by atoms with Crippen LogP contribution in [0.1, 0.15) is 45.4 Å². The fourth-order valence-corrected chi connectivity index (χ4v) is 3.29. The van der Waals surface area contributed by atoms with Gasteiger partial charge in [-0.3, -0.25) is 4.90 Å². The van der Waals surface area contributed by atoms with Crippen molar-refractivity contribution in [3.05, 3.63) is 0 Å². The zero-order valence-corrected chi connectivity index (χ0v) is 10.6. The number of ether oxygens (including phenoxy) is 1. The van der Waals surface area contributed by atoms with Crippen LogP contribution < -0.4 is 5.73 Å². The molecule has 0 aromatic heterocycles. The Morgan fingerprint density at radius 1 is 1.25 bits per heavy atom. The van der Waals surface area contributed by atoms with Crippen molar-refractivity contribution in [1.82, 2.24) is 4.90 Å². The van der Waals surface area contributed by atoms with E-state index in [1.165, 1.54) is 38.8 Å². The SMILES string of the molecule is CC1CC(CN)(N2CCCCCC2)CCO1. The molecule has 3 heteroatoms. The van der Waals surface area contributed by atoms with E-state index in [9.17, 15) is 0 Å². The average molecular weight is 226 g/mol. The van der Waals surface area contributed by atoms with E-state index in [0.29, 0.717) is 6.10 Å². The second kappa shape index (κ2) is 5.48. The van der Waals surface area contributed by atoms with Crippen molar-refractivity contribution in [2.45, 2.75) is 57.1 Å². The van der Waals surface area contributed by atoms with Crippen LogP contribution in [-0.2, 0) is 4.74 Å². The summed E-state index contributed by atoms with van der Waals surface area (Å²) in [7, 11) is 0. The molecular weight excluding hydrogens is 200 g/mol. The molecule has 2 N–H and O–H groups in total. The molecule has 3 nitrogen and oxygen atoms in total. The van der Waals surface area contributed by atoms with Crippen LogP contribution in [0.2, 0.25) is 0 Å². The Morgan fingerprint density at radius 2 is 1.94 bits per heavy atom. The second-order valence-corrected chi connectivity index (χ2v) is 5.47. The molecule has 2 aliphatic rings. The Labute approximate surface area is 99.3 Å². The van der Waals surface area contributed by atoms with Gasteiger partial charge in [0.1, 0.15) is 0 Å². The monoisotopic (exact) mass is 226 g/mol. The van der Waals surface area contributed by atoms with E-state index in [-0.39, 0.29) is 5.54 Å². The maximum absolute atomic E-state index is 6.09. The van der Waals surface area contributed by atoms with Crippen LogP contribution in [0.3, 0.4) is 0 Å². The van der Waals surface area contributed by atoms with E-state index in [4.69, 9.17) is 10.5 Å². The van der Waals surface area contributed by atoms with Crippen molar-refractivity contribution in [1.29, 1.82) is 0 Å². The first-order chi connectivity index (χ1) is 7.77. The Hall–Kier alpha value is -0.120. The zero-order chi connectivity index (χ0) is 11.4. The molecule has 2 unspecified atom stereocenters. The summed E-state index contributed by atoms with van der Waals surface area (Å²) in [6.07, 6.45) is 8.08. The van der Waals surface area contributed by atoms with Crippen LogP contribution in [0.5, 0.6) is 0 Å². The quantitative estimate of drug-likeness (QED) is 0.780. The highest BCUT2D eigenvalue weighted by molar-refractivity contribution is 4.96. The summed E-state index contributed by atoms with van der Waals surface area (Å²) in [6, 6.07) is 0. The molecule has 0 bridgehead atoms. The summed E-state index contributed by atoms with van der Waals surface area (Å²) in [5, 5.41) is 0. The molecule has 2 fully saturated rings. The van der Waals surface area contributed by atoms with Crippen LogP contribution in [0.25, 0.3) is 0 Å². The topological polar surface area (TPSA) is 38.5 Å². The van der Waals surface area contributed by atoms with E-state index in [2.05, 4.69) is 11.8 Å². The van der Waals surface area contributed by atoms with Gasteiger partial charge >= 0.3 is 0 Å². The lowest BCUT2D eigenvalue weighted by Crippen LogP contribution is -2.58. The van der Waals surface area contributed by atoms with Gasteiger partial charge < -0.3 is 10.5 Å². The van der Waals surface area contributed by atoms with Crippen LogP contribution in [0.15, 0.2) is 0 Å². The largest absolute Gasteiger partial charge is 0.378 e. The fourth-order valence-electron chi connectivity index (χ4n) is 3.29. The Kier molecular flexibility index (Phi) is 4.22. The number of nitrogens with two attached hydrogens (primary N) is 1. The summed E-state index contributed by atoms with van der Waals surface area (Å²) in [6.45, 7) is 6.34. The third kappa shape index (κ3) is 2.58. The van der Waals surface area contributed by atoms with Crippen molar-refractivity contribution in [3.63, 3.8) is 0 Å². The normalized spacial score (nSPS) is 38.2. The molecule has 0 aromatic rings. The van der Waals surface area contributed by atoms with Gasteiger partial charge in [-0.25, -0.2) is 0 Å². The molecule has 2 atom stereocenters. The molecule has 2 saturated heterocycles. The number of likely N-dealkylation sites (tertiary alicyclic amines) is 1. The molecule has 2 aliphatic heterocycles. The average Bonchev–Trinajstić information content (AvgIpc) is 2.57. The molecule has 2 heterocycles. The Bertz CT molecular complexity index is 214. The van der Waals surface area contributed by atoms with Crippen molar-refractivity contribution in [3.8, 4) is 0 Å². The van der Waals surface area contributed by atoms with Crippen molar-refractivity contribution >= 4 is 0 Å². The Balaban J connectivity index is 2.05. The van der Waals surface area contributed by atoms with Gasteiger partial charge in [-0.05, 0) is 45.7 Å². The lowest BCUT2D eigenvalue weighted by Gasteiger charge is -2.47. The van der Waals surface area contributed by atoms with Crippen LogP contribution in [0.4, 0.5) is 0 Å². The van der Waals surface area contributed by atoms with Gasteiger partial charge in [0.2, 0.25) is 0 Å². The summed E-state index contributed by atoms with van der Waals surface area (Å²) >= 11 is 0. The number of hydrogen-bond donors (Lipinski definition) is 1. The third-order valence-electron chi connectivity index (χ3n) is 4.29. The second-order valence-electron chi connectivity index (χ2n) is 5.47. The maximum atomic E-state index is 6.09. The highest BCUT2D eigenvalue weighted by atomic mass is 16.5. The van der Waals surface area contributed by atoms with Gasteiger partial charge in [-0.2, -0.15) is 0 Å². The minimum Gasteiger partial charge on any atom is -0.378 e. The maximum Gasteiger partial charge on any atom is 0.0565 e. The molecule has 94 valence electrons. The molecule has 0 amide bonds. The highest BCUT2D eigenvalue weighted by Gasteiger charge is 2.39. The first-order valence-electron chi connectivity index (χ1n) is 6.83. The fraction of sp³-hybridized carbons (Fsp3) is 1.00. The standard InChI is InChI=1S/C13H26N2O/c1-12-10-13(11-14,6-9-16-12)15-7-4-2-3-5-8-15/h12H,2-11,14H2,1H3. The smallest absolute Gasteiger partial charge is 0.0565 e. The molecule has 0 radical (unpaired) electrons. The molecule has 16 heavy (non-hydrogen) atoms. The van der Waals surface area contributed by atoms with E-state index < -0.39 is 0 Å². The minimum atomic E-state index is 0.238. The first kappa shape index (κ1) is 12.3. The van der Waals surface area contributed by atoms with Crippen LogP contribution >= 0.6 is 0 Å². The summed E-state index contributed by atoms with van der Waals surface area (Å²) in [5.74, 6) is 0. The molecular formula is C13H26N2O. The summed E-state index contributed by atoms with van der Waals surface area (Å²) < 4.78 is 5.67. The Morgan fingerprint density at radius 3 is 2.50 bits per heavy atom. The van der Waals surface area contributed by atoms with Gasteiger partial charge in [-0.1, -0.05) is 12.8 Å². The van der Waals surface area contributed by atoms with Crippen LogP contribution in [0, 0.1) is 0 Å². The van der Waals surface area contributed by atoms with E-state index in [1.54, 1.807) is 0 Å². The van der Waals surface area contributed by atoms with E-state index in [1.807, 2.05) is 0 Å². The van der Waals surface area contributed by atoms with Gasteiger partial charge in [-0.15, -0.1) is 0 Å². The van der Waals surface area contributed by atoms with Gasteiger partial charge in [0, 0.05) is 18.7 Å². The van der Waals surface area contributed by atoms with E-state index >= 15 is 0 Å². The number of rotatable bonds is 2. The summed E-state index contributed by atoms with van der Waals surface area (Å²) in [5.41, 5.74) is 6.32.